The second-order valence-corrected chi connectivity index (χ2v) is 6.54. The molecule has 2 aromatic carbocycles. The lowest BCUT2D eigenvalue weighted by molar-refractivity contribution is -0.116. The molecule has 120 valence electrons. The highest BCUT2D eigenvalue weighted by Crippen LogP contribution is 2.41. The molecule has 1 amide bonds. The Morgan fingerprint density at radius 3 is 2.42 bits per heavy atom. The predicted octanol–water partition coefficient (Wildman–Crippen LogP) is 5.12. The van der Waals surface area contributed by atoms with Crippen molar-refractivity contribution in [3.8, 4) is 0 Å². The first-order chi connectivity index (χ1) is 11.8. The Morgan fingerprint density at radius 1 is 0.917 bits per heavy atom. The number of allylic oxidation sites excluding steroid dienone is 2. The summed E-state index contributed by atoms with van der Waals surface area (Å²) in [7, 11) is 0. The summed E-state index contributed by atoms with van der Waals surface area (Å²) in [6.45, 7) is 4.30. The van der Waals surface area contributed by atoms with E-state index in [-0.39, 0.29) is 5.91 Å². The van der Waals surface area contributed by atoms with E-state index in [9.17, 15) is 4.79 Å². The molecule has 2 aliphatic rings. The lowest BCUT2D eigenvalue weighted by atomic mass is 9.87. The van der Waals surface area contributed by atoms with Gasteiger partial charge in [0.15, 0.2) is 0 Å². The van der Waals surface area contributed by atoms with Gasteiger partial charge in [0.25, 0.3) is 0 Å². The van der Waals surface area contributed by atoms with Crippen molar-refractivity contribution in [2.24, 2.45) is 0 Å². The van der Waals surface area contributed by atoms with Crippen molar-refractivity contribution in [2.45, 2.75) is 32.1 Å². The van der Waals surface area contributed by atoms with Gasteiger partial charge in [0.05, 0.1) is 17.8 Å². The van der Waals surface area contributed by atoms with Crippen LogP contribution in [0.2, 0.25) is 0 Å². The first-order valence-corrected chi connectivity index (χ1v) is 8.63. The molecule has 0 N–H and O–H groups in total. The minimum Gasteiger partial charge on any atom is -0.280 e. The Morgan fingerprint density at radius 2 is 1.62 bits per heavy atom. The third-order valence-electron chi connectivity index (χ3n) is 4.96. The summed E-state index contributed by atoms with van der Waals surface area (Å²) >= 11 is 0. The summed E-state index contributed by atoms with van der Waals surface area (Å²) in [5.74, 6) is 0.154. The molecule has 2 aromatic rings. The zero-order valence-corrected chi connectivity index (χ0v) is 13.8. The summed E-state index contributed by atoms with van der Waals surface area (Å²) in [4.78, 5) is 14.8. The van der Waals surface area contributed by atoms with Crippen LogP contribution in [0.3, 0.4) is 0 Å². The maximum Gasteiger partial charge on any atom is 0.236 e. The van der Waals surface area contributed by atoms with Crippen LogP contribution < -0.4 is 4.90 Å². The van der Waals surface area contributed by atoms with Gasteiger partial charge in [-0.05, 0) is 54.0 Å². The van der Waals surface area contributed by atoms with Crippen LogP contribution in [-0.4, -0.2) is 5.91 Å². The van der Waals surface area contributed by atoms with Crippen molar-refractivity contribution in [3.05, 3.63) is 83.4 Å². The van der Waals surface area contributed by atoms with Crippen LogP contribution >= 0.6 is 0 Å². The number of carbonyl (C=O) groups excluding carboxylic acids is 1. The van der Waals surface area contributed by atoms with E-state index in [0.717, 1.165) is 41.8 Å². The van der Waals surface area contributed by atoms with E-state index in [4.69, 9.17) is 0 Å². The molecule has 0 aromatic heterocycles. The van der Waals surface area contributed by atoms with E-state index in [1.54, 1.807) is 0 Å². The highest BCUT2D eigenvalue weighted by molar-refractivity contribution is 6.12. The van der Waals surface area contributed by atoms with Crippen LogP contribution in [0.25, 0.3) is 5.70 Å². The molecule has 1 fully saturated rings. The van der Waals surface area contributed by atoms with Gasteiger partial charge in [0, 0.05) is 0 Å². The van der Waals surface area contributed by atoms with E-state index < -0.39 is 0 Å². The van der Waals surface area contributed by atoms with Crippen molar-refractivity contribution in [2.75, 3.05) is 4.90 Å². The van der Waals surface area contributed by atoms with Gasteiger partial charge in [-0.15, -0.1) is 0 Å². The Hall–Kier alpha value is -2.61. The average Bonchev–Trinajstić information content (AvgIpc) is 2.94. The monoisotopic (exact) mass is 315 g/mol. The second kappa shape index (κ2) is 6.12. The van der Waals surface area contributed by atoms with E-state index >= 15 is 0 Å². The smallest absolute Gasteiger partial charge is 0.236 e. The van der Waals surface area contributed by atoms with Crippen LogP contribution in [0.4, 0.5) is 5.69 Å². The Balaban J connectivity index is 1.93. The van der Waals surface area contributed by atoms with Crippen molar-refractivity contribution < 1.29 is 4.79 Å². The van der Waals surface area contributed by atoms with Crippen molar-refractivity contribution in [1.29, 1.82) is 0 Å². The number of amides is 1. The Labute approximate surface area is 143 Å². The number of para-hydroxylation sites is 1. The van der Waals surface area contributed by atoms with Crippen LogP contribution in [0.1, 0.15) is 36.8 Å². The standard InChI is InChI=1S/C22H21NO/c1-16-9-5-7-13-19(16)22(17-10-3-2-4-11-17)23-20-14-8-6-12-18(20)15-21(23)24/h2-4,6,8,10-12,14H,1,5,7,9,13,15H2/b22-19-. The highest BCUT2D eigenvalue weighted by atomic mass is 16.2. The number of benzene rings is 2. The summed E-state index contributed by atoms with van der Waals surface area (Å²) in [5, 5.41) is 0. The van der Waals surface area contributed by atoms with Crippen molar-refractivity contribution >= 4 is 17.3 Å². The van der Waals surface area contributed by atoms with Crippen molar-refractivity contribution in [1.82, 2.24) is 0 Å². The molecule has 1 saturated carbocycles. The average molecular weight is 315 g/mol. The summed E-state index contributed by atoms with van der Waals surface area (Å²) in [6.07, 6.45) is 4.85. The van der Waals surface area contributed by atoms with Crippen LogP contribution in [0, 0.1) is 0 Å². The largest absolute Gasteiger partial charge is 0.280 e. The normalized spacial score (nSPS) is 19.4. The molecule has 0 unspecified atom stereocenters. The van der Waals surface area contributed by atoms with Gasteiger partial charge < -0.3 is 0 Å². The molecule has 1 heterocycles. The highest BCUT2D eigenvalue weighted by Gasteiger charge is 2.32. The number of rotatable bonds is 2. The first kappa shape index (κ1) is 14.9. The van der Waals surface area contributed by atoms with Gasteiger partial charge in [0.1, 0.15) is 0 Å². The SMILES string of the molecule is C=C1CCCC/C1=C(\c1ccccc1)N1C(=O)Cc2ccccc21. The number of fused-ring (bicyclic) bond motifs is 1. The molecule has 0 saturated heterocycles. The fraction of sp³-hybridized carbons (Fsp3) is 0.227. The number of carbonyl (C=O) groups is 1. The fourth-order valence-corrected chi connectivity index (χ4v) is 3.79. The molecular formula is C22H21NO. The van der Waals surface area contributed by atoms with Crippen LogP contribution in [-0.2, 0) is 11.2 Å². The molecule has 1 aliphatic carbocycles. The quantitative estimate of drug-likeness (QED) is 0.753. The van der Waals surface area contributed by atoms with Gasteiger partial charge in [-0.2, -0.15) is 0 Å². The van der Waals surface area contributed by atoms with Gasteiger partial charge >= 0.3 is 0 Å². The summed E-state index contributed by atoms with van der Waals surface area (Å²) in [6, 6.07) is 18.4. The van der Waals surface area contributed by atoms with Gasteiger partial charge in [-0.1, -0.05) is 55.1 Å². The third kappa shape index (κ3) is 2.48. The molecule has 2 heteroatoms. The van der Waals surface area contributed by atoms with Gasteiger partial charge in [-0.3, -0.25) is 9.69 Å². The molecule has 24 heavy (non-hydrogen) atoms. The zero-order chi connectivity index (χ0) is 16.5. The molecule has 1 aliphatic heterocycles. The van der Waals surface area contributed by atoms with Gasteiger partial charge in [-0.25, -0.2) is 0 Å². The molecule has 4 rings (SSSR count). The number of anilines is 1. The number of nitrogens with zero attached hydrogens (tertiary/aromatic N) is 1. The van der Waals surface area contributed by atoms with Crippen molar-refractivity contribution in [3.63, 3.8) is 0 Å². The fourth-order valence-electron chi connectivity index (χ4n) is 3.79. The van der Waals surface area contributed by atoms with Crippen LogP contribution in [0.5, 0.6) is 0 Å². The zero-order valence-electron chi connectivity index (χ0n) is 13.8. The first-order valence-electron chi connectivity index (χ1n) is 8.63. The molecule has 2 nitrogen and oxygen atoms in total. The maximum absolute atomic E-state index is 12.9. The maximum atomic E-state index is 12.9. The number of hydrogen-bond acceptors (Lipinski definition) is 1. The second-order valence-electron chi connectivity index (χ2n) is 6.54. The lowest BCUT2D eigenvalue weighted by Gasteiger charge is -2.28. The molecule has 0 bridgehead atoms. The minimum atomic E-state index is 0.154. The summed E-state index contributed by atoms with van der Waals surface area (Å²) < 4.78 is 0. The molecule has 0 spiro atoms. The molecular weight excluding hydrogens is 294 g/mol. The van der Waals surface area contributed by atoms with Gasteiger partial charge in [0.2, 0.25) is 5.91 Å². The third-order valence-corrected chi connectivity index (χ3v) is 4.96. The van der Waals surface area contributed by atoms with E-state index in [0.29, 0.717) is 6.42 Å². The summed E-state index contributed by atoms with van der Waals surface area (Å²) in [5.41, 5.74) is 6.69. The Kier molecular flexibility index (Phi) is 3.81. The Bertz CT molecular complexity index is 832. The lowest BCUT2D eigenvalue weighted by Crippen LogP contribution is -2.27. The van der Waals surface area contributed by atoms with Crippen LogP contribution in [0.15, 0.2) is 72.3 Å². The number of hydrogen-bond donors (Lipinski definition) is 0. The van der Waals surface area contributed by atoms with E-state index in [2.05, 4.69) is 30.8 Å². The minimum absolute atomic E-state index is 0.154. The topological polar surface area (TPSA) is 20.3 Å². The van der Waals surface area contributed by atoms with E-state index in [1.165, 1.54) is 17.6 Å². The van der Waals surface area contributed by atoms with E-state index in [1.807, 2.05) is 35.2 Å². The molecule has 0 atom stereocenters. The molecule has 0 radical (unpaired) electrons. The predicted molar refractivity (Wildman–Crippen MR) is 98.6 cm³/mol.